The number of likely N-dealkylation sites (N-methyl/N-ethyl adjacent to an activating group) is 1. The van der Waals surface area contributed by atoms with E-state index in [0.717, 1.165) is 19.0 Å². The van der Waals surface area contributed by atoms with Crippen LogP contribution < -0.4 is 5.73 Å². The van der Waals surface area contributed by atoms with Gasteiger partial charge in [-0.05, 0) is 47.7 Å². The highest BCUT2D eigenvalue weighted by atomic mass is 32.1. The van der Waals surface area contributed by atoms with Crippen molar-refractivity contribution in [3.63, 3.8) is 0 Å². The molecule has 2 heterocycles. The van der Waals surface area contributed by atoms with E-state index in [1.165, 1.54) is 24.9 Å². The number of piperidine rings is 1. The van der Waals surface area contributed by atoms with Gasteiger partial charge in [0.1, 0.15) is 0 Å². The lowest BCUT2D eigenvalue weighted by molar-refractivity contribution is 0.163. The van der Waals surface area contributed by atoms with Gasteiger partial charge in [-0.15, -0.1) is 0 Å². The van der Waals surface area contributed by atoms with E-state index in [1.807, 2.05) is 0 Å². The summed E-state index contributed by atoms with van der Waals surface area (Å²) in [6.07, 6.45) is 2.39. The Hall–Kier alpha value is -0.380. The lowest BCUT2D eigenvalue weighted by Gasteiger charge is -2.35. The molecule has 0 aliphatic carbocycles. The number of thiophene rings is 1. The van der Waals surface area contributed by atoms with Crippen LogP contribution in [0.5, 0.6) is 0 Å². The lowest BCUT2D eigenvalue weighted by Crippen LogP contribution is -2.47. The first-order chi connectivity index (χ1) is 7.28. The van der Waals surface area contributed by atoms with Crippen LogP contribution in [0.3, 0.4) is 0 Å². The molecule has 2 rings (SSSR count). The molecule has 1 aromatic heterocycles. The Kier molecular flexibility index (Phi) is 3.78. The third-order valence-electron chi connectivity index (χ3n) is 3.20. The minimum absolute atomic E-state index is 0.377. The van der Waals surface area contributed by atoms with Gasteiger partial charge in [-0.2, -0.15) is 11.3 Å². The third kappa shape index (κ3) is 3.03. The smallest absolute Gasteiger partial charge is 0.0171 e. The maximum atomic E-state index is 6.08. The Labute approximate surface area is 96.1 Å². The molecule has 2 unspecified atom stereocenters. The number of nitrogens with two attached hydrogens (primary N) is 1. The van der Waals surface area contributed by atoms with Gasteiger partial charge < -0.3 is 10.6 Å². The second-order valence-electron chi connectivity index (χ2n) is 4.55. The fourth-order valence-electron chi connectivity index (χ4n) is 2.50. The quantitative estimate of drug-likeness (QED) is 0.850. The van der Waals surface area contributed by atoms with E-state index >= 15 is 0 Å². The van der Waals surface area contributed by atoms with Crippen LogP contribution in [0.2, 0.25) is 0 Å². The summed E-state index contributed by atoms with van der Waals surface area (Å²) in [6.45, 7) is 5.66. The van der Waals surface area contributed by atoms with Gasteiger partial charge in [0.15, 0.2) is 0 Å². The molecule has 2 nitrogen and oxygen atoms in total. The van der Waals surface area contributed by atoms with Crippen LogP contribution in [0.4, 0.5) is 0 Å². The standard InChI is InChI=1S/C12H20N2S/c1-2-14-7-11(6-12(13)8-14)5-10-3-4-15-9-10/h3-4,9,11-12H,2,5-8,13H2,1H3. The zero-order valence-electron chi connectivity index (χ0n) is 9.36. The van der Waals surface area contributed by atoms with Gasteiger partial charge in [0.2, 0.25) is 0 Å². The van der Waals surface area contributed by atoms with E-state index in [9.17, 15) is 0 Å². The Morgan fingerprint density at radius 1 is 1.53 bits per heavy atom. The second kappa shape index (κ2) is 5.10. The fourth-order valence-corrected chi connectivity index (χ4v) is 3.18. The summed E-state index contributed by atoms with van der Waals surface area (Å²) in [4.78, 5) is 2.48. The van der Waals surface area contributed by atoms with Gasteiger partial charge in [0, 0.05) is 19.1 Å². The van der Waals surface area contributed by atoms with E-state index in [1.54, 1.807) is 11.3 Å². The number of rotatable bonds is 3. The minimum Gasteiger partial charge on any atom is -0.327 e. The van der Waals surface area contributed by atoms with E-state index in [-0.39, 0.29) is 0 Å². The molecule has 84 valence electrons. The average molecular weight is 224 g/mol. The summed E-state index contributed by atoms with van der Waals surface area (Å²) in [5.74, 6) is 0.753. The predicted molar refractivity (Wildman–Crippen MR) is 66.2 cm³/mol. The van der Waals surface area contributed by atoms with Crippen molar-refractivity contribution < 1.29 is 0 Å². The van der Waals surface area contributed by atoms with Crippen molar-refractivity contribution in [3.8, 4) is 0 Å². The first kappa shape index (κ1) is 11.1. The highest BCUT2D eigenvalue weighted by molar-refractivity contribution is 7.07. The van der Waals surface area contributed by atoms with E-state index in [0.29, 0.717) is 6.04 Å². The fraction of sp³-hybridized carbons (Fsp3) is 0.667. The minimum atomic E-state index is 0.377. The normalized spacial score (nSPS) is 28.1. The Morgan fingerprint density at radius 2 is 2.40 bits per heavy atom. The van der Waals surface area contributed by atoms with Gasteiger partial charge in [0.05, 0.1) is 0 Å². The predicted octanol–water partition coefficient (Wildman–Crippen LogP) is 1.96. The van der Waals surface area contributed by atoms with Crippen LogP contribution in [0.25, 0.3) is 0 Å². The van der Waals surface area contributed by atoms with Gasteiger partial charge in [0.25, 0.3) is 0 Å². The summed E-state index contributed by atoms with van der Waals surface area (Å²) >= 11 is 1.79. The monoisotopic (exact) mass is 224 g/mol. The van der Waals surface area contributed by atoms with Crippen LogP contribution in [-0.4, -0.2) is 30.6 Å². The van der Waals surface area contributed by atoms with E-state index < -0.39 is 0 Å². The number of likely N-dealkylation sites (tertiary alicyclic amines) is 1. The summed E-state index contributed by atoms with van der Waals surface area (Å²) in [6, 6.07) is 2.61. The highest BCUT2D eigenvalue weighted by Gasteiger charge is 2.24. The summed E-state index contributed by atoms with van der Waals surface area (Å²) in [7, 11) is 0. The molecule has 0 bridgehead atoms. The third-order valence-corrected chi connectivity index (χ3v) is 3.93. The zero-order chi connectivity index (χ0) is 10.7. The van der Waals surface area contributed by atoms with Crippen LogP contribution in [0.15, 0.2) is 16.8 Å². The SMILES string of the molecule is CCN1CC(N)CC(Cc2ccsc2)C1. The largest absolute Gasteiger partial charge is 0.327 e. The first-order valence-corrected chi connectivity index (χ1v) is 6.71. The number of hydrogen-bond donors (Lipinski definition) is 1. The molecule has 1 saturated heterocycles. The van der Waals surface area contributed by atoms with Crippen LogP contribution >= 0.6 is 11.3 Å². The highest BCUT2D eigenvalue weighted by Crippen LogP contribution is 2.21. The molecule has 1 aromatic rings. The van der Waals surface area contributed by atoms with Crippen molar-refractivity contribution in [1.29, 1.82) is 0 Å². The zero-order valence-corrected chi connectivity index (χ0v) is 10.2. The van der Waals surface area contributed by atoms with Crippen molar-refractivity contribution in [2.75, 3.05) is 19.6 Å². The average Bonchev–Trinajstić information content (AvgIpc) is 2.69. The number of hydrogen-bond acceptors (Lipinski definition) is 3. The molecular weight excluding hydrogens is 204 g/mol. The molecule has 0 radical (unpaired) electrons. The van der Waals surface area contributed by atoms with Gasteiger partial charge in [-0.25, -0.2) is 0 Å². The van der Waals surface area contributed by atoms with Crippen molar-refractivity contribution in [1.82, 2.24) is 4.90 Å². The van der Waals surface area contributed by atoms with E-state index in [4.69, 9.17) is 5.73 Å². The molecule has 0 saturated carbocycles. The molecule has 0 aromatic carbocycles. The molecule has 0 amide bonds. The van der Waals surface area contributed by atoms with Crippen LogP contribution in [0, 0.1) is 5.92 Å². The Morgan fingerprint density at radius 3 is 3.07 bits per heavy atom. The molecule has 2 atom stereocenters. The maximum Gasteiger partial charge on any atom is 0.0171 e. The maximum absolute atomic E-state index is 6.08. The van der Waals surface area contributed by atoms with Crippen molar-refractivity contribution in [3.05, 3.63) is 22.4 Å². The summed E-state index contributed by atoms with van der Waals surface area (Å²) in [5.41, 5.74) is 7.56. The van der Waals surface area contributed by atoms with Crippen molar-refractivity contribution in [2.24, 2.45) is 11.7 Å². The van der Waals surface area contributed by atoms with Gasteiger partial charge in [-0.1, -0.05) is 6.92 Å². The molecule has 2 N–H and O–H groups in total. The molecule has 3 heteroatoms. The van der Waals surface area contributed by atoms with Crippen molar-refractivity contribution >= 4 is 11.3 Å². The first-order valence-electron chi connectivity index (χ1n) is 5.77. The summed E-state index contributed by atoms with van der Waals surface area (Å²) in [5, 5.41) is 4.42. The van der Waals surface area contributed by atoms with E-state index in [2.05, 4.69) is 28.7 Å². The Balaban J connectivity index is 1.91. The molecule has 1 fully saturated rings. The lowest BCUT2D eigenvalue weighted by atomic mass is 9.90. The van der Waals surface area contributed by atoms with Crippen LogP contribution in [0.1, 0.15) is 18.9 Å². The second-order valence-corrected chi connectivity index (χ2v) is 5.33. The van der Waals surface area contributed by atoms with Gasteiger partial charge >= 0.3 is 0 Å². The molecule has 15 heavy (non-hydrogen) atoms. The molecule has 1 aliphatic heterocycles. The molecule has 0 spiro atoms. The molecule has 1 aliphatic rings. The topological polar surface area (TPSA) is 29.3 Å². The van der Waals surface area contributed by atoms with Crippen molar-refractivity contribution in [2.45, 2.75) is 25.8 Å². The number of nitrogens with zero attached hydrogens (tertiary/aromatic N) is 1. The molecular formula is C12H20N2S. The Bertz CT molecular complexity index is 284. The van der Waals surface area contributed by atoms with Gasteiger partial charge in [-0.3, -0.25) is 0 Å². The summed E-state index contributed by atoms with van der Waals surface area (Å²) < 4.78 is 0. The van der Waals surface area contributed by atoms with Crippen LogP contribution in [-0.2, 0) is 6.42 Å².